The number of ketones is 1. The second-order valence-corrected chi connectivity index (χ2v) is 11.3. The van der Waals surface area contributed by atoms with Crippen LogP contribution >= 0.6 is 23.2 Å². The summed E-state index contributed by atoms with van der Waals surface area (Å²) in [6.45, 7) is 4.03. The number of esters is 1. The van der Waals surface area contributed by atoms with Crippen molar-refractivity contribution in [2.24, 2.45) is 5.92 Å². The minimum absolute atomic E-state index is 0.0284. The van der Waals surface area contributed by atoms with Crippen LogP contribution in [0, 0.1) is 5.92 Å². The molecule has 0 radical (unpaired) electrons. The van der Waals surface area contributed by atoms with Crippen LogP contribution in [0.5, 0.6) is 5.75 Å². The summed E-state index contributed by atoms with van der Waals surface area (Å²) < 4.78 is 5.98. The van der Waals surface area contributed by atoms with Gasteiger partial charge in [-0.1, -0.05) is 55.2 Å². The van der Waals surface area contributed by atoms with Crippen LogP contribution in [-0.2, 0) is 14.3 Å². The number of carbonyl (C=O) groups excluding carboxylic acids is 2. The molecule has 0 saturated heterocycles. The van der Waals surface area contributed by atoms with Gasteiger partial charge in [-0.05, 0) is 79.3 Å². The highest BCUT2D eigenvalue weighted by Gasteiger charge is 2.43. The summed E-state index contributed by atoms with van der Waals surface area (Å²) in [7, 11) is 0. The van der Waals surface area contributed by atoms with E-state index in [0.29, 0.717) is 33.2 Å². The van der Waals surface area contributed by atoms with Gasteiger partial charge in [-0.2, -0.15) is 0 Å². The highest BCUT2D eigenvalue weighted by molar-refractivity contribution is 6.36. The van der Waals surface area contributed by atoms with Crippen LogP contribution in [-0.4, -0.2) is 23.0 Å². The van der Waals surface area contributed by atoms with Gasteiger partial charge in [0.2, 0.25) is 0 Å². The van der Waals surface area contributed by atoms with Crippen LogP contribution < -0.4 is 5.32 Å². The first-order chi connectivity index (χ1) is 17.7. The number of hydrogen-bond acceptors (Lipinski definition) is 5. The van der Waals surface area contributed by atoms with Crippen molar-refractivity contribution in [3.8, 4) is 5.75 Å². The number of carbonyl (C=O) groups is 2. The standard InChI is InChI=1S/C30H31Cl2NO4/c1-16(2)29-28(30(36)37-20-9-3-4-10-20)26(17-7-5-8-19(34)13-17)27-23(33-29)14-18(15-24(27)35)25-21(31)11-6-12-22(25)32/h5-8,11-13,16,18,20,26,33-34H,3-4,9-10,14-15H2,1-2H3. The zero-order valence-corrected chi connectivity index (χ0v) is 22.5. The smallest absolute Gasteiger partial charge is 0.337 e. The molecule has 2 atom stereocenters. The van der Waals surface area contributed by atoms with Crippen molar-refractivity contribution >= 4 is 35.0 Å². The lowest BCUT2D eigenvalue weighted by Crippen LogP contribution is -2.38. The van der Waals surface area contributed by atoms with E-state index in [9.17, 15) is 14.7 Å². The number of allylic oxidation sites excluding steroid dienone is 3. The highest BCUT2D eigenvalue weighted by Crippen LogP contribution is 2.49. The van der Waals surface area contributed by atoms with E-state index in [-0.39, 0.29) is 35.9 Å². The summed E-state index contributed by atoms with van der Waals surface area (Å²) in [6, 6.07) is 12.2. The second-order valence-electron chi connectivity index (χ2n) is 10.5. The van der Waals surface area contributed by atoms with Gasteiger partial charge in [0.1, 0.15) is 11.9 Å². The second kappa shape index (κ2) is 10.5. The summed E-state index contributed by atoms with van der Waals surface area (Å²) in [6.07, 6.45) is 4.44. The maximum atomic E-state index is 13.9. The van der Waals surface area contributed by atoms with E-state index >= 15 is 0 Å². The number of phenolic OH excluding ortho intramolecular Hbond substituents is 1. The van der Waals surface area contributed by atoms with Gasteiger partial charge in [0, 0.05) is 39.4 Å². The van der Waals surface area contributed by atoms with E-state index < -0.39 is 11.9 Å². The maximum Gasteiger partial charge on any atom is 0.337 e. The molecule has 5 nitrogen and oxygen atoms in total. The third-order valence-electron chi connectivity index (χ3n) is 7.65. The topological polar surface area (TPSA) is 75.6 Å². The Kier molecular flexibility index (Phi) is 7.37. The van der Waals surface area contributed by atoms with Gasteiger partial charge >= 0.3 is 5.97 Å². The van der Waals surface area contributed by atoms with Gasteiger partial charge < -0.3 is 15.2 Å². The number of Topliss-reactive ketones (excluding diaryl/α,β-unsaturated/α-hetero) is 1. The van der Waals surface area contributed by atoms with Crippen LogP contribution in [0.15, 0.2) is 65.0 Å². The minimum Gasteiger partial charge on any atom is -0.508 e. The lowest BCUT2D eigenvalue weighted by Gasteiger charge is -2.39. The average Bonchev–Trinajstić information content (AvgIpc) is 3.35. The number of halogens is 2. The zero-order chi connectivity index (χ0) is 26.3. The van der Waals surface area contributed by atoms with Crippen LogP contribution in [0.1, 0.15) is 75.3 Å². The fourth-order valence-electron chi connectivity index (χ4n) is 5.96. The molecule has 1 heterocycles. The predicted molar refractivity (Wildman–Crippen MR) is 145 cm³/mol. The fraction of sp³-hybridized carbons (Fsp3) is 0.400. The molecule has 2 aliphatic carbocycles. The summed E-state index contributed by atoms with van der Waals surface area (Å²) in [4.78, 5) is 27.6. The molecule has 1 fully saturated rings. The van der Waals surface area contributed by atoms with E-state index in [1.165, 1.54) is 0 Å². The van der Waals surface area contributed by atoms with Gasteiger partial charge in [-0.15, -0.1) is 0 Å². The summed E-state index contributed by atoms with van der Waals surface area (Å²) in [5.41, 5.74) is 3.97. The van der Waals surface area contributed by atoms with Gasteiger partial charge in [0.25, 0.3) is 0 Å². The molecule has 7 heteroatoms. The van der Waals surface area contributed by atoms with Gasteiger partial charge in [0.15, 0.2) is 5.78 Å². The molecular weight excluding hydrogens is 509 g/mol. The largest absolute Gasteiger partial charge is 0.508 e. The number of phenols is 1. The lowest BCUT2D eigenvalue weighted by atomic mass is 9.71. The highest BCUT2D eigenvalue weighted by atomic mass is 35.5. The van der Waals surface area contributed by atoms with Crippen molar-refractivity contribution in [3.05, 3.63) is 86.2 Å². The summed E-state index contributed by atoms with van der Waals surface area (Å²) in [5.74, 6) is -1.24. The van der Waals surface area contributed by atoms with Crippen LogP contribution in [0.3, 0.4) is 0 Å². The Morgan fingerprint density at radius 1 is 1.05 bits per heavy atom. The first kappa shape index (κ1) is 25.9. The van der Waals surface area contributed by atoms with Crippen LogP contribution in [0.25, 0.3) is 0 Å². The molecule has 0 amide bonds. The maximum absolute atomic E-state index is 13.9. The van der Waals surface area contributed by atoms with Crippen molar-refractivity contribution in [3.63, 3.8) is 0 Å². The number of aromatic hydroxyl groups is 1. The predicted octanol–water partition coefficient (Wildman–Crippen LogP) is 7.18. The van der Waals surface area contributed by atoms with E-state index in [1.807, 2.05) is 19.9 Å². The number of nitrogens with one attached hydrogen (secondary N) is 1. The molecule has 3 aliphatic rings. The van der Waals surface area contributed by atoms with Crippen molar-refractivity contribution < 1.29 is 19.4 Å². The van der Waals surface area contributed by atoms with E-state index in [2.05, 4.69) is 5.32 Å². The molecule has 0 spiro atoms. The molecule has 0 aromatic heterocycles. The van der Waals surface area contributed by atoms with E-state index in [0.717, 1.165) is 42.6 Å². The zero-order valence-electron chi connectivity index (χ0n) is 21.0. The monoisotopic (exact) mass is 539 g/mol. The Morgan fingerprint density at radius 3 is 2.38 bits per heavy atom. The minimum atomic E-state index is -0.634. The quantitative estimate of drug-likeness (QED) is 0.393. The van der Waals surface area contributed by atoms with Crippen LogP contribution in [0.2, 0.25) is 10.0 Å². The van der Waals surface area contributed by atoms with Crippen molar-refractivity contribution in [1.29, 1.82) is 0 Å². The molecule has 5 rings (SSSR count). The Hall–Kier alpha value is -2.76. The van der Waals surface area contributed by atoms with E-state index in [1.54, 1.807) is 36.4 Å². The number of rotatable bonds is 5. The average molecular weight is 540 g/mol. The van der Waals surface area contributed by atoms with Crippen molar-refractivity contribution in [2.75, 3.05) is 0 Å². The molecule has 1 aliphatic heterocycles. The molecule has 2 N–H and O–H groups in total. The van der Waals surface area contributed by atoms with Crippen molar-refractivity contribution in [2.45, 2.75) is 70.3 Å². The molecule has 194 valence electrons. The van der Waals surface area contributed by atoms with Gasteiger partial charge in [-0.25, -0.2) is 4.79 Å². The SMILES string of the molecule is CC(C)C1=C(C(=O)OC2CCCC2)C(c2cccc(O)c2)C2=C(CC(c3c(Cl)cccc3Cl)CC2=O)N1. The number of benzene rings is 2. The summed E-state index contributed by atoms with van der Waals surface area (Å²) in [5, 5.41) is 14.9. The molecule has 37 heavy (non-hydrogen) atoms. The fourth-order valence-corrected chi connectivity index (χ4v) is 6.67. The first-order valence-electron chi connectivity index (χ1n) is 13.0. The first-order valence-corrected chi connectivity index (χ1v) is 13.7. The molecule has 2 aromatic carbocycles. The Bertz CT molecular complexity index is 1290. The summed E-state index contributed by atoms with van der Waals surface area (Å²) >= 11 is 13.0. The van der Waals surface area contributed by atoms with Crippen LogP contribution in [0.4, 0.5) is 0 Å². The number of hydrogen-bond donors (Lipinski definition) is 2. The Morgan fingerprint density at radius 2 is 1.73 bits per heavy atom. The molecule has 2 aromatic rings. The van der Waals surface area contributed by atoms with E-state index in [4.69, 9.17) is 27.9 Å². The van der Waals surface area contributed by atoms with Gasteiger partial charge in [-0.3, -0.25) is 4.79 Å². The van der Waals surface area contributed by atoms with Crippen molar-refractivity contribution in [1.82, 2.24) is 5.32 Å². The third-order valence-corrected chi connectivity index (χ3v) is 8.30. The molecule has 1 saturated carbocycles. The lowest BCUT2D eigenvalue weighted by molar-refractivity contribution is -0.144. The van der Waals surface area contributed by atoms with Gasteiger partial charge in [0.05, 0.1) is 5.57 Å². The Labute approximate surface area is 227 Å². The molecular formula is C30H31Cl2NO4. The third kappa shape index (κ3) is 5.04. The molecule has 0 bridgehead atoms. The normalized spacial score (nSPS) is 22.4. The number of ether oxygens (including phenoxy) is 1. The number of dihydropyridines is 1. The molecule has 2 unspecified atom stereocenters. The Balaban J connectivity index is 1.62.